The van der Waals surface area contributed by atoms with Gasteiger partial charge in [0.25, 0.3) is 0 Å². The van der Waals surface area contributed by atoms with Gasteiger partial charge in [-0.25, -0.2) is 4.79 Å². The molecule has 0 aromatic heterocycles. The molecular formula is C15H22BrN3O2. The highest BCUT2D eigenvalue weighted by Gasteiger charge is 2.09. The van der Waals surface area contributed by atoms with Gasteiger partial charge < -0.3 is 15.4 Å². The molecule has 1 fully saturated rings. The number of nitrogens with zero attached hydrogens (tertiary/aromatic N) is 1. The second kappa shape index (κ2) is 9.02. The van der Waals surface area contributed by atoms with Crippen LogP contribution in [-0.4, -0.2) is 56.9 Å². The van der Waals surface area contributed by atoms with Crippen LogP contribution in [0.25, 0.3) is 0 Å². The Hall–Kier alpha value is -1.11. The monoisotopic (exact) mass is 355 g/mol. The maximum atomic E-state index is 11.7. The van der Waals surface area contributed by atoms with Gasteiger partial charge in [-0.3, -0.25) is 4.90 Å². The number of hydrogen-bond acceptors (Lipinski definition) is 3. The second-order valence-corrected chi connectivity index (χ2v) is 5.83. The van der Waals surface area contributed by atoms with Gasteiger partial charge in [-0.2, -0.15) is 0 Å². The molecule has 1 aliphatic rings. The van der Waals surface area contributed by atoms with Crippen molar-refractivity contribution in [3.8, 4) is 0 Å². The summed E-state index contributed by atoms with van der Waals surface area (Å²) < 4.78 is 6.37. The Bertz CT molecular complexity index is 450. The lowest BCUT2D eigenvalue weighted by Crippen LogP contribution is -2.44. The molecular weight excluding hydrogens is 334 g/mol. The van der Waals surface area contributed by atoms with E-state index in [-0.39, 0.29) is 6.03 Å². The van der Waals surface area contributed by atoms with Gasteiger partial charge in [-0.1, -0.05) is 34.1 Å². The second-order valence-electron chi connectivity index (χ2n) is 4.98. The highest BCUT2D eigenvalue weighted by atomic mass is 79.9. The average Bonchev–Trinajstić information content (AvgIpc) is 2.50. The van der Waals surface area contributed by atoms with Crippen LogP contribution in [0.2, 0.25) is 0 Å². The molecule has 21 heavy (non-hydrogen) atoms. The van der Waals surface area contributed by atoms with Crippen molar-refractivity contribution in [1.29, 1.82) is 0 Å². The average molecular weight is 356 g/mol. The van der Waals surface area contributed by atoms with Gasteiger partial charge in [0.15, 0.2) is 0 Å². The van der Waals surface area contributed by atoms with Crippen LogP contribution in [0.3, 0.4) is 0 Å². The minimum Gasteiger partial charge on any atom is -0.379 e. The van der Waals surface area contributed by atoms with E-state index in [2.05, 4.69) is 37.5 Å². The van der Waals surface area contributed by atoms with E-state index >= 15 is 0 Å². The molecule has 1 aromatic carbocycles. The molecule has 0 unspecified atom stereocenters. The normalized spacial score (nSPS) is 15.7. The van der Waals surface area contributed by atoms with Crippen molar-refractivity contribution >= 4 is 22.0 Å². The zero-order valence-corrected chi connectivity index (χ0v) is 13.7. The predicted octanol–water partition coefficient (Wildman–Crippen LogP) is 1.62. The minimum atomic E-state index is -0.102. The Morgan fingerprint density at radius 3 is 2.67 bits per heavy atom. The van der Waals surface area contributed by atoms with E-state index in [0.717, 1.165) is 43.7 Å². The molecule has 0 saturated carbocycles. The first kappa shape index (κ1) is 16.3. The van der Waals surface area contributed by atoms with E-state index in [1.807, 2.05) is 18.2 Å². The number of carbonyl (C=O) groups is 1. The van der Waals surface area contributed by atoms with E-state index < -0.39 is 0 Å². The molecule has 0 spiro atoms. The van der Waals surface area contributed by atoms with Crippen LogP contribution >= 0.6 is 15.9 Å². The summed E-state index contributed by atoms with van der Waals surface area (Å²) in [5, 5.41) is 5.77. The number of rotatable bonds is 6. The molecule has 1 heterocycles. The quantitative estimate of drug-likeness (QED) is 0.815. The van der Waals surface area contributed by atoms with Crippen molar-refractivity contribution in [3.05, 3.63) is 34.3 Å². The van der Waals surface area contributed by atoms with Crippen LogP contribution in [-0.2, 0) is 11.2 Å². The summed E-state index contributed by atoms with van der Waals surface area (Å²) in [6.45, 7) is 5.65. The van der Waals surface area contributed by atoms with E-state index in [0.29, 0.717) is 13.1 Å². The number of amides is 2. The lowest BCUT2D eigenvalue weighted by atomic mass is 10.1. The predicted molar refractivity (Wildman–Crippen MR) is 86.5 cm³/mol. The number of morpholine rings is 1. The van der Waals surface area contributed by atoms with Crippen molar-refractivity contribution in [3.63, 3.8) is 0 Å². The highest BCUT2D eigenvalue weighted by molar-refractivity contribution is 9.10. The SMILES string of the molecule is O=C(NCCc1ccccc1Br)NCCN1CCOCC1. The van der Waals surface area contributed by atoms with E-state index in [4.69, 9.17) is 4.74 Å². The molecule has 1 saturated heterocycles. The Morgan fingerprint density at radius 2 is 1.90 bits per heavy atom. The van der Waals surface area contributed by atoms with Crippen molar-refractivity contribution in [2.75, 3.05) is 45.9 Å². The van der Waals surface area contributed by atoms with Crippen LogP contribution in [0.5, 0.6) is 0 Å². The molecule has 6 heteroatoms. The fourth-order valence-electron chi connectivity index (χ4n) is 2.23. The number of carbonyl (C=O) groups excluding carboxylic acids is 1. The Kier molecular flexibility index (Phi) is 6.99. The summed E-state index contributed by atoms with van der Waals surface area (Å²) in [6.07, 6.45) is 0.818. The molecule has 2 amide bonds. The zero-order chi connectivity index (χ0) is 14.9. The van der Waals surface area contributed by atoms with Crippen LogP contribution in [0, 0.1) is 0 Å². The molecule has 0 atom stereocenters. The Labute approximate surface area is 134 Å². The highest BCUT2D eigenvalue weighted by Crippen LogP contribution is 2.15. The standard InChI is InChI=1S/C15H22BrN3O2/c16-14-4-2-1-3-13(14)5-6-17-15(20)18-7-8-19-9-11-21-12-10-19/h1-4H,5-12H2,(H2,17,18,20). The van der Waals surface area contributed by atoms with Crippen LogP contribution in [0.15, 0.2) is 28.7 Å². The summed E-state index contributed by atoms with van der Waals surface area (Å²) in [5.41, 5.74) is 1.20. The van der Waals surface area contributed by atoms with Crippen LogP contribution < -0.4 is 10.6 Å². The first-order valence-electron chi connectivity index (χ1n) is 7.31. The van der Waals surface area contributed by atoms with Gasteiger partial charge in [0.05, 0.1) is 13.2 Å². The third-order valence-electron chi connectivity index (χ3n) is 3.46. The summed E-state index contributed by atoms with van der Waals surface area (Å²) in [6, 6.07) is 7.96. The fraction of sp³-hybridized carbons (Fsp3) is 0.533. The number of hydrogen-bond donors (Lipinski definition) is 2. The van der Waals surface area contributed by atoms with Gasteiger partial charge in [0.2, 0.25) is 0 Å². The molecule has 0 bridgehead atoms. The number of ether oxygens (including phenoxy) is 1. The van der Waals surface area contributed by atoms with E-state index in [9.17, 15) is 4.79 Å². The number of benzene rings is 1. The Morgan fingerprint density at radius 1 is 1.19 bits per heavy atom. The molecule has 2 N–H and O–H groups in total. The number of nitrogens with one attached hydrogen (secondary N) is 2. The van der Waals surface area contributed by atoms with E-state index in [1.165, 1.54) is 5.56 Å². The summed E-state index contributed by atoms with van der Waals surface area (Å²) >= 11 is 3.51. The van der Waals surface area contributed by atoms with Gasteiger partial charge in [0, 0.05) is 37.2 Å². The molecule has 1 aromatic rings. The summed E-state index contributed by atoms with van der Waals surface area (Å²) in [4.78, 5) is 14.0. The van der Waals surface area contributed by atoms with Crippen molar-refractivity contribution in [2.45, 2.75) is 6.42 Å². The van der Waals surface area contributed by atoms with Gasteiger partial charge in [-0.15, -0.1) is 0 Å². The molecule has 0 radical (unpaired) electrons. The van der Waals surface area contributed by atoms with Gasteiger partial charge in [-0.05, 0) is 18.1 Å². The molecule has 2 rings (SSSR count). The lowest BCUT2D eigenvalue weighted by Gasteiger charge is -2.26. The zero-order valence-electron chi connectivity index (χ0n) is 12.1. The maximum absolute atomic E-state index is 11.7. The van der Waals surface area contributed by atoms with Gasteiger partial charge >= 0.3 is 6.03 Å². The summed E-state index contributed by atoms with van der Waals surface area (Å²) in [5.74, 6) is 0. The molecule has 1 aliphatic heterocycles. The Balaban J connectivity index is 1.56. The minimum absolute atomic E-state index is 0.102. The molecule has 116 valence electrons. The van der Waals surface area contributed by atoms with Crippen LogP contribution in [0.4, 0.5) is 4.79 Å². The fourth-order valence-corrected chi connectivity index (χ4v) is 2.71. The number of halogens is 1. The van der Waals surface area contributed by atoms with Crippen molar-refractivity contribution in [2.24, 2.45) is 0 Å². The van der Waals surface area contributed by atoms with Crippen LogP contribution in [0.1, 0.15) is 5.56 Å². The van der Waals surface area contributed by atoms with Crippen molar-refractivity contribution < 1.29 is 9.53 Å². The summed E-state index contributed by atoms with van der Waals surface area (Å²) in [7, 11) is 0. The first-order chi connectivity index (χ1) is 10.3. The third kappa shape index (κ3) is 6.03. The first-order valence-corrected chi connectivity index (χ1v) is 8.10. The largest absolute Gasteiger partial charge is 0.379 e. The van der Waals surface area contributed by atoms with E-state index in [1.54, 1.807) is 0 Å². The topological polar surface area (TPSA) is 53.6 Å². The molecule has 0 aliphatic carbocycles. The van der Waals surface area contributed by atoms with Crippen molar-refractivity contribution in [1.82, 2.24) is 15.5 Å². The lowest BCUT2D eigenvalue weighted by molar-refractivity contribution is 0.0387. The van der Waals surface area contributed by atoms with Gasteiger partial charge in [0.1, 0.15) is 0 Å². The smallest absolute Gasteiger partial charge is 0.314 e. The third-order valence-corrected chi connectivity index (χ3v) is 4.23. The maximum Gasteiger partial charge on any atom is 0.314 e. The molecule has 5 nitrogen and oxygen atoms in total. The number of urea groups is 1.